The molecule has 2 aromatic heterocycles. The topological polar surface area (TPSA) is 91.2 Å². The van der Waals surface area contributed by atoms with Crippen molar-refractivity contribution >= 4 is 22.6 Å². The zero-order valence-corrected chi connectivity index (χ0v) is 13.2. The first kappa shape index (κ1) is 15.1. The number of anilines is 1. The molecule has 1 aliphatic heterocycles. The van der Waals surface area contributed by atoms with E-state index in [9.17, 15) is 4.79 Å². The summed E-state index contributed by atoms with van der Waals surface area (Å²) in [5.74, 6) is 0.208. The first-order valence-corrected chi connectivity index (χ1v) is 7.67. The van der Waals surface area contributed by atoms with Crippen LogP contribution < -0.4 is 5.32 Å². The van der Waals surface area contributed by atoms with Gasteiger partial charge in [-0.05, 0) is 6.42 Å². The average molecular weight is 323 g/mol. The van der Waals surface area contributed by atoms with E-state index in [0.29, 0.717) is 30.6 Å². The number of aryl methyl sites for hydroxylation is 1. The van der Waals surface area contributed by atoms with Crippen molar-refractivity contribution in [2.24, 2.45) is 13.0 Å². The van der Waals surface area contributed by atoms with E-state index in [4.69, 9.17) is 9.47 Å². The molecule has 1 amide bonds. The van der Waals surface area contributed by atoms with E-state index in [0.717, 1.165) is 17.1 Å². The number of rotatable bonds is 5. The van der Waals surface area contributed by atoms with Gasteiger partial charge in [-0.1, -0.05) is 0 Å². The summed E-state index contributed by atoms with van der Waals surface area (Å²) in [5.41, 5.74) is 0.914. The monoisotopic (exact) mass is 323 g/mol. The highest BCUT2D eigenvalue weighted by atomic mass is 32.1. The van der Waals surface area contributed by atoms with Crippen LogP contribution in [0.25, 0.3) is 0 Å². The highest BCUT2D eigenvalue weighted by molar-refractivity contribution is 7.09. The van der Waals surface area contributed by atoms with E-state index < -0.39 is 0 Å². The lowest BCUT2D eigenvalue weighted by atomic mass is 9.96. The minimum absolute atomic E-state index is 0.105. The van der Waals surface area contributed by atoms with E-state index >= 15 is 0 Å². The van der Waals surface area contributed by atoms with Crippen LogP contribution >= 0.6 is 11.5 Å². The Morgan fingerprint density at radius 1 is 1.64 bits per heavy atom. The smallest absolute Gasteiger partial charge is 0.232 e. The Kier molecular flexibility index (Phi) is 4.46. The fourth-order valence-corrected chi connectivity index (χ4v) is 3.04. The number of nitrogens with zero attached hydrogens (tertiary/aromatic N) is 4. The summed E-state index contributed by atoms with van der Waals surface area (Å²) in [6.45, 7) is 0.889. The van der Waals surface area contributed by atoms with Crippen molar-refractivity contribution in [2.45, 2.75) is 19.1 Å². The fraction of sp³-hybridized carbons (Fsp3) is 0.538. The highest BCUT2D eigenvalue weighted by Gasteiger charge is 2.36. The molecule has 0 spiro atoms. The Morgan fingerprint density at radius 2 is 2.50 bits per heavy atom. The summed E-state index contributed by atoms with van der Waals surface area (Å²) in [7, 11) is 3.42. The van der Waals surface area contributed by atoms with E-state index in [1.807, 2.05) is 13.2 Å². The Balaban J connectivity index is 1.67. The number of methoxy groups -OCH3 is 1. The molecule has 2 atom stereocenters. The Bertz CT molecular complexity index is 656. The number of carbonyl (C=O) groups is 1. The third-order valence-corrected chi connectivity index (χ3v) is 4.12. The molecule has 0 aliphatic carbocycles. The maximum atomic E-state index is 12.5. The Hall–Kier alpha value is -1.84. The molecule has 1 fully saturated rings. The number of hydrogen-bond acceptors (Lipinski definition) is 7. The van der Waals surface area contributed by atoms with Crippen molar-refractivity contribution in [1.82, 2.24) is 19.1 Å². The molecule has 1 saturated heterocycles. The third kappa shape index (κ3) is 3.16. The van der Waals surface area contributed by atoms with Gasteiger partial charge in [-0.25, -0.2) is 4.98 Å². The minimum atomic E-state index is -0.264. The summed E-state index contributed by atoms with van der Waals surface area (Å²) in [6.07, 6.45) is 4.02. The Morgan fingerprint density at radius 3 is 3.23 bits per heavy atom. The molecule has 0 aromatic carbocycles. The maximum absolute atomic E-state index is 12.5. The molecule has 9 heteroatoms. The Labute approximate surface area is 131 Å². The molecular formula is C13H17N5O3S. The van der Waals surface area contributed by atoms with Gasteiger partial charge in [0.25, 0.3) is 0 Å². The molecule has 118 valence electrons. The van der Waals surface area contributed by atoms with Gasteiger partial charge in [0.15, 0.2) is 5.82 Å². The molecular weight excluding hydrogens is 306 g/mol. The first-order valence-electron chi connectivity index (χ1n) is 6.90. The number of aromatic nitrogens is 4. The molecule has 3 rings (SSSR count). The predicted octanol–water partition coefficient (Wildman–Crippen LogP) is 1.13. The van der Waals surface area contributed by atoms with E-state index in [1.165, 1.54) is 0 Å². The molecule has 22 heavy (non-hydrogen) atoms. The van der Waals surface area contributed by atoms with Gasteiger partial charge in [-0.3, -0.25) is 9.48 Å². The summed E-state index contributed by atoms with van der Waals surface area (Å²) in [6, 6.07) is 0. The van der Waals surface area contributed by atoms with Crippen molar-refractivity contribution in [3.8, 4) is 0 Å². The van der Waals surface area contributed by atoms with Gasteiger partial charge in [0.1, 0.15) is 6.61 Å². The van der Waals surface area contributed by atoms with Crippen molar-refractivity contribution < 1.29 is 14.3 Å². The standard InChI is InChI=1S/C13H17N5O3S/c1-18-6-8(5-14-18)11-9(3-4-21-11)12(19)16-13-15-10(7-20-2)17-22-13/h5-6,9,11H,3-4,7H2,1-2H3,(H,15,16,17,19)/t9-,11+/m0/s1. The molecule has 0 saturated carbocycles. The molecule has 8 nitrogen and oxygen atoms in total. The number of carbonyl (C=O) groups excluding carboxylic acids is 1. The van der Waals surface area contributed by atoms with Crippen molar-refractivity contribution in [3.05, 3.63) is 23.8 Å². The lowest BCUT2D eigenvalue weighted by Gasteiger charge is -2.15. The first-order chi connectivity index (χ1) is 10.7. The highest BCUT2D eigenvalue weighted by Crippen LogP contribution is 2.35. The number of hydrogen-bond donors (Lipinski definition) is 1. The molecule has 0 unspecified atom stereocenters. The van der Waals surface area contributed by atoms with Crippen molar-refractivity contribution in [2.75, 3.05) is 19.0 Å². The van der Waals surface area contributed by atoms with Gasteiger partial charge in [-0.2, -0.15) is 9.47 Å². The van der Waals surface area contributed by atoms with Crippen molar-refractivity contribution in [3.63, 3.8) is 0 Å². The lowest BCUT2D eigenvalue weighted by Crippen LogP contribution is -2.25. The maximum Gasteiger partial charge on any atom is 0.232 e. The van der Waals surface area contributed by atoms with E-state index in [1.54, 1.807) is 18.0 Å². The second kappa shape index (κ2) is 6.51. The van der Waals surface area contributed by atoms with Crippen LogP contribution in [0.15, 0.2) is 12.4 Å². The van der Waals surface area contributed by atoms with Gasteiger partial charge in [0, 0.05) is 44.1 Å². The van der Waals surface area contributed by atoms with Crippen LogP contribution in [-0.4, -0.2) is 38.8 Å². The minimum Gasteiger partial charge on any atom is -0.377 e. The second-order valence-electron chi connectivity index (χ2n) is 5.07. The van der Waals surface area contributed by atoms with Gasteiger partial charge in [-0.15, -0.1) is 0 Å². The van der Waals surface area contributed by atoms with E-state index in [2.05, 4.69) is 19.8 Å². The molecule has 0 radical (unpaired) electrons. The molecule has 1 aliphatic rings. The van der Waals surface area contributed by atoms with Gasteiger partial charge in [0.2, 0.25) is 11.0 Å². The number of ether oxygens (including phenoxy) is 2. The summed E-state index contributed by atoms with van der Waals surface area (Å²) < 4.78 is 16.5. The molecule has 2 aromatic rings. The van der Waals surface area contributed by atoms with Crippen LogP contribution in [0.4, 0.5) is 5.13 Å². The zero-order chi connectivity index (χ0) is 15.5. The zero-order valence-electron chi connectivity index (χ0n) is 12.4. The van der Waals surface area contributed by atoms with Gasteiger partial charge < -0.3 is 14.8 Å². The van der Waals surface area contributed by atoms with Crippen LogP contribution in [0.5, 0.6) is 0 Å². The van der Waals surface area contributed by atoms with Crippen molar-refractivity contribution in [1.29, 1.82) is 0 Å². The van der Waals surface area contributed by atoms with E-state index in [-0.39, 0.29) is 17.9 Å². The average Bonchev–Trinajstić information content (AvgIpc) is 3.19. The third-order valence-electron chi connectivity index (χ3n) is 3.45. The molecule has 1 N–H and O–H groups in total. The van der Waals surface area contributed by atoms with Crippen LogP contribution in [0.3, 0.4) is 0 Å². The van der Waals surface area contributed by atoms with Gasteiger partial charge in [0.05, 0.1) is 18.2 Å². The fourth-order valence-electron chi connectivity index (χ4n) is 2.46. The summed E-state index contributed by atoms with van der Waals surface area (Å²) in [5, 5.41) is 7.43. The predicted molar refractivity (Wildman–Crippen MR) is 79.3 cm³/mol. The SMILES string of the molecule is COCc1nsc(NC(=O)[C@H]2CCO[C@@H]2c2cnn(C)c2)n1. The quantitative estimate of drug-likeness (QED) is 0.887. The van der Waals surface area contributed by atoms with Crippen LogP contribution in [0.1, 0.15) is 23.9 Å². The van der Waals surface area contributed by atoms with Crippen LogP contribution in [0, 0.1) is 5.92 Å². The van der Waals surface area contributed by atoms with Crippen LogP contribution in [0.2, 0.25) is 0 Å². The summed E-state index contributed by atoms with van der Waals surface area (Å²) >= 11 is 1.15. The number of amides is 1. The largest absolute Gasteiger partial charge is 0.377 e. The molecule has 0 bridgehead atoms. The normalized spacial score (nSPS) is 21.2. The number of nitrogens with one attached hydrogen (secondary N) is 1. The van der Waals surface area contributed by atoms with Gasteiger partial charge >= 0.3 is 0 Å². The van der Waals surface area contributed by atoms with Crippen LogP contribution in [-0.2, 0) is 27.9 Å². The second-order valence-corrected chi connectivity index (χ2v) is 5.82. The lowest BCUT2D eigenvalue weighted by molar-refractivity contribution is -0.121. The summed E-state index contributed by atoms with van der Waals surface area (Å²) in [4.78, 5) is 16.7. The molecule has 3 heterocycles.